The summed E-state index contributed by atoms with van der Waals surface area (Å²) in [6.45, 7) is 1.13. The molecule has 0 spiro atoms. The molecule has 0 aliphatic carbocycles. The Labute approximate surface area is 154 Å². The summed E-state index contributed by atoms with van der Waals surface area (Å²) in [5.74, 6) is -0.584. The number of para-hydroxylation sites is 1. The standard InChI is InChI=1S/C20H18FN3O3/c21-15-8-6-14(7-9-15)18-13-23(10-11-27-18)20(26)17-12-19(25)24(22-17)16-4-2-1-3-5-16/h1-9,12,18,22H,10-11,13H2/t18-/m0/s1. The first kappa shape index (κ1) is 17.2. The predicted octanol–water partition coefficient (Wildman–Crippen LogP) is 2.52. The van der Waals surface area contributed by atoms with Gasteiger partial charge in [0.05, 0.1) is 18.8 Å². The van der Waals surface area contributed by atoms with Crippen LogP contribution in [-0.4, -0.2) is 40.3 Å². The van der Waals surface area contributed by atoms with E-state index in [1.165, 1.54) is 22.9 Å². The fourth-order valence-corrected chi connectivity index (χ4v) is 3.16. The molecule has 1 aliphatic rings. The molecule has 2 aromatic carbocycles. The van der Waals surface area contributed by atoms with Crippen molar-refractivity contribution >= 4 is 5.91 Å². The molecule has 1 aliphatic heterocycles. The Bertz CT molecular complexity index is 995. The van der Waals surface area contributed by atoms with E-state index in [1.807, 2.05) is 18.2 Å². The van der Waals surface area contributed by atoms with Crippen LogP contribution in [0.15, 0.2) is 65.5 Å². The van der Waals surface area contributed by atoms with Crippen LogP contribution in [0.1, 0.15) is 22.2 Å². The third kappa shape index (κ3) is 3.54. The van der Waals surface area contributed by atoms with E-state index >= 15 is 0 Å². The lowest BCUT2D eigenvalue weighted by molar-refractivity contribution is -0.0230. The molecule has 1 saturated heterocycles. The molecule has 4 rings (SSSR count). The Hall–Kier alpha value is -3.19. The van der Waals surface area contributed by atoms with E-state index in [1.54, 1.807) is 29.2 Å². The molecule has 0 saturated carbocycles. The SMILES string of the molecule is O=C(c1cc(=O)n(-c2ccccc2)[nH]1)N1CCO[C@H](c2ccc(F)cc2)C1. The van der Waals surface area contributed by atoms with E-state index in [0.717, 1.165) is 5.56 Å². The summed E-state index contributed by atoms with van der Waals surface area (Å²) < 4.78 is 20.2. The number of morpholine rings is 1. The number of carbonyl (C=O) groups is 1. The lowest BCUT2D eigenvalue weighted by atomic mass is 10.1. The van der Waals surface area contributed by atoms with E-state index in [2.05, 4.69) is 5.10 Å². The second-order valence-electron chi connectivity index (χ2n) is 6.34. The third-order valence-electron chi connectivity index (χ3n) is 4.56. The van der Waals surface area contributed by atoms with Crippen LogP contribution in [0.5, 0.6) is 0 Å². The molecular formula is C20H18FN3O3. The maximum atomic E-state index is 13.1. The van der Waals surface area contributed by atoms with Gasteiger partial charge in [-0.1, -0.05) is 30.3 Å². The highest BCUT2D eigenvalue weighted by molar-refractivity contribution is 5.92. The summed E-state index contributed by atoms with van der Waals surface area (Å²) in [5.41, 5.74) is 1.40. The van der Waals surface area contributed by atoms with Crippen LogP contribution < -0.4 is 5.56 Å². The number of aromatic nitrogens is 2. The van der Waals surface area contributed by atoms with Crippen molar-refractivity contribution in [2.24, 2.45) is 0 Å². The Morgan fingerprint density at radius 3 is 2.59 bits per heavy atom. The zero-order chi connectivity index (χ0) is 18.8. The fraction of sp³-hybridized carbons (Fsp3) is 0.200. The van der Waals surface area contributed by atoms with Crippen molar-refractivity contribution < 1.29 is 13.9 Å². The first-order valence-electron chi connectivity index (χ1n) is 8.65. The summed E-state index contributed by atoms with van der Waals surface area (Å²) in [5, 5.41) is 2.88. The quantitative estimate of drug-likeness (QED) is 0.774. The van der Waals surface area contributed by atoms with Gasteiger partial charge in [-0.3, -0.25) is 14.7 Å². The Morgan fingerprint density at radius 1 is 1.11 bits per heavy atom. The molecule has 3 aromatic rings. The lowest BCUT2D eigenvalue weighted by Crippen LogP contribution is -2.42. The van der Waals surface area contributed by atoms with Crippen molar-refractivity contribution in [3.05, 3.63) is 88.1 Å². The second-order valence-corrected chi connectivity index (χ2v) is 6.34. The molecule has 0 bridgehead atoms. The van der Waals surface area contributed by atoms with Gasteiger partial charge < -0.3 is 9.64 Å². The van der Waals surface area contributed by atoms with Crippen LogP contribution in [0.25, 0.3) is 5.69 Å². The fourth-order valence-electron chi connectivity index (χ4n) is 3.16. The molecule has 6 nitrogen and oxygen atoms in total. The number of rotatable bonds is 3. The van der Waals surface area contributed by atoms with Crippen molar-refractivity contribution in [3.8, 4) is 5.69 Å². The molecule has 1 atom stereocenters. The normalized spacial score (nSPS) is 17.1. The molecule has 7 heteroatoms. The summed E-state index contributed by atoms with van der Waals surface area (Å²) >= 11 is 0. The van der Waals surface area contributed by atoms with Gasteiger partial charge in [0, 0.05) is 12.6 Å². The first-order chi connectivity index (χ1) is 13.1. The monoisotopic (exact) mass is 367 g/mol. The first-order valence-corrected chi connectivity index (χ1v) is 8.65. The van der Waals surface area contributed by atoms with Gasteiger partial charge >= 0.3 is 0 Å². The van der Waals surface area contributed by atoms with Crippen molar-refractivity contribution in [3.63, 3.8) is 0 Å². The topological polar surface area (TPSA) is 67.3 Å². The molecular weight excluding hydrogens is 349 g/mol. The predicted molar refractivity (Wildman–Crippen MR) is 97.4 cm³/mol. The number of aromatic amines is 1. The minimum Gasteiger partial charge on any atom is -0.370 e. The van der Waals surface area contributed by atoms with Gasteiger partial charge in [0.15, 0.2) is 0 Å². The average molecular weight is 367 g/mol. The molecule has 0 unspecified atom stereocenters. The smallest absolute Gasteiger partial charge is 0.272 e. The van der Waals surface area contributed by atoms with E-state index in [0.29, 0.717) is 25.4 Å². The highest BCUT2D eigenvalue weighted by Gasteiger charge is 2.27. The van der Waals surface area contributed by atoms with Gasteiger partial charge in [0.25, 0.3) is 11.5 Å². The highest BCUT2D eigenvalue weighted by atomic mass is 19.1. The number of benzene rings is 2. The number of nitrogens with one attached hydrogen (secondary N) is 1. The molecule has 0 radical (unpaired) electrons. The molecule has 138 valence electrons. The number of ether oxygens (including phenoxy) is 1. The molecule has 27 heavy (non-hydrogen) atoms. The van der Waals surface area contributed by atoms with Crippen LogP contribution in [-0.2, 0) is 4.74 Å². The van der Waals surface area contributed by atoms with Gasteiger partial charge in [0.2, 0.25) is 0 Å². The van der Waals surface area contributed by atoms with Crippen molar-refractivity contribution in [1.82, 2.24) is 14.7 Å². The van der Waals surface area contributed by atoms with Gasteiger partial charge in [0.1, 0.15) is 17.6 Å². The zero-order valence-corrected chi connectivity index (χ0v) is 14.5. The summed E-state index contributed by atoms with van der Waals surface area (Å²) in [6, 6.07) is 16.4. The lowest BCUT2D eigenvalue weighted by Gasteiger charge is -2.33. The molecule has 1 N–H and O–H groups in total. The number of halogens is 1. The largest absolute Gasteiger partial charge is 0.370 e. The van der Waals surface area contributed by atoms with Gasteiger partial charge in [-0.15, -0.1) is 0 Å². The number of carbonyl (C=O) groups excluding carboxylic acids is 1. The van der Waals surface area contributed by atoms with Crippen LogP contribution in [0, 0.1) is 5.82 Å². The van der Waals surface area contributed by atoms with Gasteiger partial charge in [-0.25, -0.2) is 9.07 Å². The van der Waals surface area contributed by atoms with Crippen LogP contribution >= 0.6 is 0 Å². The van der Waals surface area contributed by atoms with E-state index in [9.17, 15) is 14.0 Å². The van der Waals surface area contributed by atoms with Crippen LogP contribution in [0.3, 0.4) is 0 Å². The molecule has 1 fully saturated rings. The number of H-pyrrole nitrogens is 1. The van der Waals surface area contributed by atoms with Crippen molar-refractivity contribution in [1.29, 1.82) is 0 Å². The Balaban J connectivity index is 1.54. The minimum absolute atomic E-state index is 0.226. The second kappa shape index (κ2) is 7.20. The Kier molecular flexibility index (Phi) is 4.60. The molecule has 1 aromatic heterocycles. The van der Waals surface area contributed by atoms with E-state index in [-0.39, 0.29) is 29.1 Å². The van der Waals surface area contributed by atoms with Gasteiger partial charge in [-0.2, -0.15) is 0 Å². The average Bonchev–Trinajstić information content (AvgIpc) is 3.10. The summed E-state index contributed by atoms with van der Waals surface area (Å²) in [6.07, 6.45) is -0.328. The molecule has 1 amide bonds. The van der Waals surface area contributed by atoms with Crippen molar-refractivity contribution in [2.75, 3.05) is 19.7 Å². The zero-order valence-electron chi connectivity index (χ0n) is 14.5. The summed E-state index contributed by atoms with van der Waals surface area (Å²) in [7, 11) is 0. The number of hydrogen-bond acceptors (Lipinski definition) is 3. The maximum absolute atomic E-state index is 13.1. The Morgan fingerprint density at radius 2 is 1.85 bits per heavy atom. The minimum atomic E-state index is -0.328. The number of nitrogens with zero attached hydrogens (tertiary/aromatic N) is 2. The van der Waals surface area contributed by atoms with Gasteiger partial charge in [-0.05, 0) is 29.8 Å². The van der Waals surface area contributed by atoms with E-state index < -0.39 is 0 Å². The third-order valence-corrected chi connectivity index (χ3v) is 4.56. The van der Waals surface area contributed by atoms with Crippen LogP contribution in [0.4, 0.5) is 4.39 Å². The maximum Gasteiger partial charge on any atom is 0.272 e. The van der Waals surface area contributed by atoms with Crippen molar-refractivity contribution in [2.45, 2.75) is 6.10 Å². The van der Waals surface area contributed by atoms with Crippen LogP contribution in [0.2, 0.25) is 0 Å². The van der Waals surface area contributed by atoms with E-state index in [4.69, 9.17) is 4.74 Å². The number of amides is 1. The number of hydrogen-bond donors (Lipinski definition) is 1. The highest BCUT2D eigenvalue weighted by Crippen LogP contribution is 2.23. The molecule has 2 heterocycles. The summed E-state index contributed by atoms with van der Waals surface area (Å²) in [4.78, 5) is 26.7.